The van der Waals surface area contributed by atoms with Gasteiger partial charge in [-0.25, -0.2) is 9.69 Å². The Kier molecular flexibility index (Phi) is 7.00. The van der Waals surface area contributed by atoms with Crippen molar-refractivity contribution in [3.63, 3.8) is 0 Å². The predicted octanol–water partition coefficient (Wildman–Crippen LogP) is 5.63. The minimum absolute atomic E-state index is 0.194. The fourth-order valence-electron chi connectivity index (χ4n) is 2.91. The number of imide groups is 2. The first-order valence-electron chi connectivity index (χ1n) is 9.03. The molecule has 156 valence electrons. The Labute approximate surface area is 195 Å². The summed E-state index contributed by atoms with van der Waals surface area (Å²) >= 11 is 13.0. The summed E-state index contributed by atoms with van der Waals surface area (Å²) in [4.78, 5) is 39.1. The molecule has 3 rings (SSSR count). The predicted molar refractivity (Wildman–Crippen MR) is 123 cm³/mol. The maximum atomic E-state index is 13.2. The van der Waals surface area contributed by atoms with Crippen LogP contribution in [0.4, 0.5) is 10.5 Å². The average Bonchev–Trinajstić information content (AvgIpc) is 2.67. The monoisotopic (exact) mass is 554 g/mol. The fraction of sp³-hybridized carbons (Fsp3) is 0.190. The van der Waals surface area contributed by atoms with E-state index in [-0.39, 0.29) is 5.57 Å². The van der Waals surface area contributed by atoms with E-state index < -0.39 is 17.8 Å². The van der Waals surface area contributed by atoms with Crippen LogP contribution in [0.1, 0.15) is 24.5 Å². The van der Waals surface area contributed by atoms with Crippen LogP contribution in [0.3, 0.4) is 0 Å². The first-order chi connectivity index (χ1) is 14.2. The van der Waals surface area contributed by atoms with Gasteiger partial charge in [-0.3, -0.25) is 14.9 Å². The number of halogens is 3. The van der Waals surface area contributed by atoms with Crippen molar-refractivity contribution in [2.24, 2.45) is 0 Å². The molecule has 6 nitrogen and oxygen atoms in total. The van der Waals surface area contributed by atoms with E-state index in [1.54, 1.807) is 37.3 Å². The Bertz CT molecular complexity index is 1080. The molecule has 1 aliphatic heterocycles. The fourth-order valence-corrected chi connectivity index (χ4v) is 4.46. The lowest BCUT2D eigenvalue weighted by molar-refractivity contribution is -0.122. The number of anilines is 1. The third-order valence-electron chi connectivity index (χ3n) is 4.37. The molecule has 1 N–H and O–H groups in total. The summed E-state index contributed by atoms with van der Waals surface area (Å²) in [6.07, 6.45) is 2.20. The van der Waals surface area contributed by atoms with Gasteiger partial charge in [0.1, 0.15) is 11.3 Å². The zero-order valence-corrected chi connectivity index (χ0v) is 20.0. The third kappa shape index (κ3) is 4.45. The maximum Gasteiger partial charge on any atom is 0.335 e. The number of ether oxygens (including phenoxy) is 1. The molecule has 0 spiro atoms. The molecule has 30 heavy (non-hydrogen) atoms. The molecule has 0 radical (unpaired) electrons. The number of barbiturate groups is 1. The number of nitrogens with one attached hydrogen (secondary N) is 1. The van der Waals surface area contributed by atoms with Crippen LogP contribution in [0, 0.1) is 6.92 Å². The summed E-state index contributed by atoms with van der Waals surface area (Å²) in [6, 6.07) is 7.59. The summed E-state index contributed by atoms with van der Waals surface area (Å²) in [7, 11) is 0. The van der Waals surface area contributed by atoms with Crippen molar-refractivity contribution in [1.29, 1.82) is 0 Å². The SMILES string of the molecule is CCCOc1c(Br)cc(Br)cc1/C=C1\C(=O)NC(=O)N(c2cccc(Cl)c2C)C1=O. The summed E-state index contributed by atoms with van der Waals surface area (Å²) in [5.41, 5.74) is 1.18. The van der Waals surface area contributed by atoms with E-state index in [0.717, 1.165) is 15.8 Å². The topological polar surface area (TPSA) is 75.7 Å². The molecule has 0 bridgehead atoms. The lowest BCUT2D eigenvalue weighted by atomic mass is 10.0. The standard InChI is InChI=1S/C21H17Br2ClN2O4/c1-3-7-30-18-12(8-13(22)10-15(18)23)9-14-19(27)25-21(29)26(20(14)28)17-6-4-5-16(24)11(17)2/h4-6,8-10H,3,7H2,1-2H3,(H,25,27,29)/b14-9+. The molecule has 0 atom stereocenters. The second-order valence-corrected chi connectivity index (χ2v) is 8.67. The first-order valence-corrected chi connectivity index (χ1v) is 11.0. The van der Waals surface area contributed by atoms with Crippen LogP contribution in [-0.4, -0.2) is 24.5 Å². The molecular formula is C21H17Br2ClN2O4. The normalized spacial score (nSPS) is 15.6. The zero-order chi connectivity index (χ0) is 22.0. The maximum absolute atomic E-state index is 13.2. The Morgan fingerprint density at radius 2 is 1.93 bits per heavy atom. The van der Waals surface area contributed by atoms with E-state index in [1.807, 2.05) is 6.92 Å². The van der Waals surface area contributed by atoms with E-state index in [2.05, 4.69) is 37.2 Å². The van der Waals surface area contributed by atoms with Gasteiger partial charge in [-0.1, -0.05) is 40.5 Å². The summed E-state index contributed by atoms with van der Waals surface area (Å²) in [5, 5.41) is 2.62. The number of rotatable bonds is 5. The van der Waals surface area contributed by atoms with Crippen molar-refractivity contribution in [3.05, 3.63) is 61.0 Å². The van der Waals surface area contributed by atoms with Crippen LogP contribution in [0.25, 0.3) is 6.08 Å². The Hall–Kier alpha value is -2.16. The molecule has 2 aromatic carbocycles. The second-order valence-electron chi connectivity index (χ2n) is 6.50. The lowest BCUT2D eigenvalue weighted by Gasteiger charge is -2.28. The van der Waals surface area contributed by atoms with Gasteiger partial charge in [-0.05, 0) is 65.2 Å². The largest absolute Gasteiger partial charge is 0.492 e. The Morgan fingerprint density at radius 1 is 1.20 bits per heavy atom. The number of hydrogen-bond acceptors (Lipinski definition) is 4. The molecule has 1 saturated heterocycles. The molecular weight excluding hydrogens is 540 g/mol. The van der Waals surface area contributed by atoms with Gasteiger partial charge in [-0.2, -0.15) is 0 Å². The zero-order valence-electron chi connectivity index (χ0n) is 16.1. The molecule has 2 aromatic rings. The molecule has 1 heterocycles. The van der Waals surface area contributed by atoms with Crippen LogP contribution < -0.4 is 15.0 Å². The van der Waals surface area contributed by atoms with Gasteiger partial charge in [0, 0.05) is 15.1 Å². The molecule has 0 aromatic heterocycles. The van der Waals surface area contributed by atoms with E-state index in [0.29, 0.717) is 38.7 Å². The number of carbonyl (C=O) groups is 3. The van der Waals surface area contributed by atoms with Gasteiger partial charge in [0.25, 0.3) is 11.8 Å². The number of nitrogens with zero attached hydrogens (tertiary/aromatic N) is 1. The van der Waals surface area contributed by atoms with Gasteiger partial charge in [0.2, 0.25) is 0 Å². The van der Waals surface area contributed by atoms with E-state index in [4.69, 9.17) is 16.3 Å². The smallest absolute Gasteiger partial charge is 0.335 e. The quantitative estimate of drug-likeness (QED) is 0.383. The van der Waals surface area contributed by atoms with Crippen LogP contribution >= 0.6 is 43.5 Å². The van der Waals surface area contributed by atoms with Crippen LogP contribution in [0.5, 0.6) is 5.75 Å². The summed E-state index contributed by atoms with van der Waals surface area (Å²) in [6.45, 7) is 4.13. The van der Waals surface area contributed by atoms with Gasteiger partial charge >= 0.3 is 6.03 Å². The summed E-state index contributed by atoms with van der Waals surface area (Å²) < 4.78 is 7.19. The van der Waals surface area contributed by atoms with Crippen LogP contribution in [0.15, 0.2) is 44.9 Å². The molecule has 0 unspecified atom stereocenters. The van der Waals surface area contributed by atoms with E-state index in [9.17, 15) is 14.4 Å². The van der Waals surface area contributed by atoms with Crippen LogP contribution in [-0.2, 0) is 9.59 Å². The Morgan fingerprint density at radius 3 is 2.63 bits per heavy atom. The molecule has 1 aliphatic rings. The van der Waals surface area contributed by atoms with Crippen molar-refractivity contribution < 1.29 is 19.1 Å². The highest BCUT2D eigenvalue weighted by Gasteiger charge is 2.37. The van der Waals surface area contributed by atoms with Gasteiger partial charge < -0.3 is 4.74 Å². The minimum Gasteiger partial charge on any atom is -0.492 e. The summed E-state index contributed by atoms with van der Waals surface area (Å²) in [5.74, 6) is -1.03. The number of carbonyl (C=O) groups excluding carboxylic acids is 3. The third-order valence-corrected chi connectivity index (χ3v) is 5.83. The highest BCUT2D eigenvalue weighted by Crippen LogP contribution is 2.35. The molecule has 9 heteroatoms. The highest BCUT2D eigenvalue weighted by atomic mass is 79.9. The van der Waals surface area contributed by atoms with Gasteiger partial charge in [0.15, 0.2) is 0 Å². The Balaban J connectivity index is 2.11. The molecule has 0 aliphatic carbocycles. The van der Waals surface area contributed by atoms with Gasteiger partial charge in [0.05, 0.1) is 16.8 Å². The number of amides is 4. The number of hydrogen-bond donors (Lipinski definition) is 1. The second kappa shape index (κ2) is 9.32. The number of urea groups is 1. The van der Waals surface area contributed by atoms with Crippen LogP contribution in [0.2, 0.25) is 5.02 Å². The van der Waals surface area contributed by atoms with E-state index in [1.165, 1.54) is 6.08 Å². The minimum atomic E-state index is -0.828. The number of benzene rings is 2. The molecule has 1 fully saturated rings. The van der Waals surface area contributed by atoms with Gasteiger partial charge in [-0.15, -0.1) is 0 Å². The highest BCUT2D eigenvalue weighted by molar-refractivity contribution is 9.11. The van der Waals surface area contributed by atoms with E-state index >= 15 is 0 Å². The molecule has 4 amide bonds. The first kappa shape index (κ1) is 22.5. The van der Waals surface area contributed by atoms with Crippen molar-refractivity contribution in [3.8, 4) is 5.75 Å². The van der Waals surface area contributed by atoms with Crippen molar-refractivity contribution in [2.45, 2.75) is 20.3 Å². The van der Waals surface area contributed by atoms with Crippen molar-refractivity contribution in [2.75, 3.05) is 11.5 Å². The lowest BCUT2D eigenvalue weighted by Crippen LogP contribution is -2.54. The molecule has 0 saturated carbocycles. The average molecular weight is 557 g/mol. The van der Waals surface area contributed by atoms with Crippen molar-refractivity contribution >= 4 is 73.1 Å². The van der Waals surface area contributed by atoms with Crippen molar-refractivity contribution in [1.82, 2.24) is 5.32 Å².